The number of carbonyl (C=O) groups excluding carboxylic acids is 2. The van der Waals surface area contributed by atoms with Crippen LogP contribution in [0.15, 0.2) is 11.5 Å². The molecule has 0 aromatic heterocycles. The highest BCUT2D eigenvalue weighted by molar-refractivity contribution is 5.96. The Balaban J connectivity index is 1.60. The van der Waals surface area contributed by atoms with Crippen LogP contribution in [0.4, 0.5) is 4.79 Å². The SMILES string of the molecule is CCOC(=O)N1CCN(C2=C(O)CN(C3CCCCC3)C2=O)CC1. The molecule has 1 aliphatic carbocycles. The molecule has 0 bridgehead atoms. The van der Waals surface area contributed by atoms with Gasteiger partial charge in [0.05, 0.1) is 13.2 Å². The van der Waals surface area contributed by atoms with Gasteiger partial charge in [-0.1, -0.05) is 19.3 Å². The van der Waals surface area contributed by atoms with Crippen molar-refractivity contribution in [3.8, 4) is 0 Å². The Hall–Kier alpha value is -1.92. The largest absolute Gasteiger partial charge is 0.508 e. The third kappa shape index (κ3) is 3.30. The minimum absolute atomic E-state index is 0.0519. The van der Waals surface area contributed by atoms with Crippen LogP contribution in [0.1, 0.15) is 39.0 Å². The summed E-state index contributed by atoms with van der Waals surface area (Å²) in [7, 11) is 0. The van der Waals surface area contributed by atoms with E-state index in [4.69, 9.17) is 4.74 Å². The van der Waals surface area contributed by atoms with Crippen molar-refractivity contribution in [2.45, 2.75) is 45.1 Å². The van der Waals surface area contributed by atoms with Crippen LogP contribution in [-0.4, -0.2) is 77.2 Å². The lowest BCUT2D eigenvalue weighted by molar-refractivity contribution is -0.129. The van der Waals surface area contributed by atoms with Crippen molar-refractivity contribution in [1.29, 1.82) is 0 Å². The maximum Gasteiger partial charge on any atom is 0.409 e. The number of hydrogen-bond acceptors (Lipinski definition) is 5. The van der Waals surface area contributed by atoms with Crippen LogP contribution in [0.5, 0.6) is 0 Å². The molecular formula is C17H27N3O4. The van der Waals surface area contributed by atoms with Gasteiger partial charge in [-0.2, -0.15) is 0 Å². The van der Waals surface area contributed by atoms with Gasteiger partial charge in [-0.15, -0.1) is 0 Å². The van der Waals surface area contributed by atoms with Gasteiger partial charge in [-0.05, 0) is 19.8 Å². The minimum atomic E-state index is -0.308. The first-order valence-corrected chi connectivity index (χ1v) is 9.01. The highest BCUT2D eigenvalue weighted by Crippen LogP contribution is 2.30. The lowest BCUT2D eigenvalue weighted by atomic mass is 9.94. The first-order valence-electron chi connectivity index (χ1n) is 9.01. The number of piperazine rings is 1. The highest BCUT2D eigenvalue weighted by atomic mass is 16.6. The fraction of sp³-hybridized carbons (Fsp3) is 0.765. The van der Waals surface area contributed by atoms with Crippen LogP contribution in [-0.2, 0) is 9.53 Å². The van der Waals surface area contributed by atoms with E-state index in [1.54, 1.807) is 11.8 Å². The molecule has 1 N–H and O–H groups in total. The van der Waals surface area contributed by atoms with Gasteiger partial charge in [-0.3, -0.25) is 4.79 Å². The summed E-state index contributed by atoms with van der Waals surface area (Å²) in [4.78, 5) is 30.0. The maximum absolute atomic E-state index is 12.8. The molecule has 1 saturated carbocycles. The van der Waals surface area contributed by atoms with E-state index in [1.807, 2.05) is 9.80 Å². The average molecular weight is 337 g/mol. The van der Waals surface area contributed by atoms with Gasteiger partial charge < -0.3 is 24.5 Å². The monoisotopic (exact) mass is 337 g/mol. The van der Waals surface area contributed by atoms with Gasteiger partial charge in [0.2, 0.25) is 0 Å². The quantitative estimate of drug-likeness (QED) is 0.849. The first-order chi connectivity index (χ1) is 11.6. The Labute approximate surface area is 142 Å². The highest BCUT2D eigenvalue weighted by Gasteiger charge is 2.39. The van der Waals surface area contributed by atoms with Crippen molar-refractivity contribution < 1.29 is 19.4 Å². The fourth-order valence-electron chi connectivity index (χ4n) is 3.90. The van der Waals surface area contributed by atoms with Crippen molar-refractivity contribution in [1.82, 2.24) is 14.7 Å². The Morgan fingerprint density at radius 1 is 1.17 bits per heavy atom. The van der Waals surface area contributed by atoms with E-state index in [1.165, 1.54) is 6.42 Å². The van der Waals surface area contributed by atoms with Crippen molar-refractivity contribution in [3.05, 3.63) is 11.5 Å². The molecule has 7 heteroatoms. The third-order valence-electron chi connectivity index (χ3n) is 5.19. The smallest absolute Gasteiger partial charge is 0.409 e. The molecule has 134 valence electrons. The average Bonchev–Trinajstić information content (AvgIpc) is 2.90. The molecule has 2 aliphatic heterocycles. The second kappa shape index (κ2) is 7.32. The topological polar surface area (TPSA) is 73.3 Å². The molecule has 3 aliphatic rings. The van der Waals surface area contributed by atoms with Gasteiger partial charge in [0.25, 0.3) is 5.91 Å². The number of aliphatic hydroxyl groups is 1. The van der Waals surface area contributed by atoms with E-state index in [2.05, 4.69) is 0 Å². The zero-order valence-electron chi connectivity index (χ0n) is 14.4. The van der Waals surface area contributed by atoms with Crippen molar-refractivity contribution in [3.63, 3.8) is 0 Å². The minimum Gasteiger partial charge on any atom is -0.508 e. The Morgan fingerprint density at radius 3 is 2.46 bits per heavy atom. The van der Waals surface area contributed by atoms with E-state index in [0.29, 0.717) is 45.0 Å². The van der Waals surface area contributed by atoms with E-state index < -0.39 is 0 Å². The van der Waals surface area contributed by atoms with Gasteiger partial charge in [0.15, 0.2) is 0 Å². The zero-order chi connectivity index (χ0) is 17.1. The molecule has 2 heterocycles. The molecule has 3 rings (SSSR count). The summed E-state index contributed by atoms with van der Waals surface area (Å²) in [6.07, 6.45) is 5.30. The molecule has 0 spiro atoms. The summed E-state index contributed by atoms with van der Waals surface area (Å²) in [5.41, 5.74) is 0.434. The summed E-state index contributed by atoms with van der Waals surface area (Å²) in [6.45, 7) is 4.58. The van der Waals surface area contributed by atoms with Gasteiger partial charge in [0.1, 0.15) is 11.5 Å². The van der Waals surface area contributed by atoms with Crippen molar-refractivity contribution in [2.75, 3.05) is 39.3 Å². The molecule has 0 unspecified atom stereocenters. The number of hydrogen-bond donors (Lipinski definition) is 1. The molecule has 0 atom stereocenters. The third-order valence-corrected chi connectivity index (χ3v) is 5.19. The number of aliphatic hydroxyl groups excluding tert-OH is 1. The summed E-state index contributed by atoms with van der Waals surface area (Å²) in [6, 6.07) is 0.256. The van der Waals surface area contributed by atoms with Crippen LogP contribution in [0, 0.1) is 0 Å². The molecule has 0 aromatic carbocycles. The van der Waals surface area contributed by atoms with E-state index in [9.17, 15) is 14.7 Å². The summed E-state index contributed by atoms with van der Waals surface area (Å²) in [5, 5.41) is 10.3. The van der Waals surface area contributed by atoms with Crippen molar-refractivity contribution in [2.24, 2.45) is 0 Å². The molecule has 2 amide bonds. The number of carbonyl (C=O) groups is 2. The van der Waals surface area contributed by atoms with Crippen molar-refractivity contribution >= 4 is 12.0 Å². The number of rotatable bonds is 3. The number of amides is 2. The zero-order valence-corrected chi connectivity index (χ0v) is 14.4. The van der Waals surface area contributed by atoms with E-state index >= 15 is 0 Å². The van der Waals surface area contributed by atoms with Gasteiger partial charge >= 0.3 is 6.09 Å². The van der Waals surface area contributed by atoms with E-state index in [0.717, 1.165) is 25.7 Å². The number of nitrogens with zero attached hydrogens (tertiary/aromatic N) is 3. The predicted molar refractivity (Wildman–Crippen MR) is 88.4 cm³/mol. The second-order valence-corrected chi connectivity index (χ2v) is 6.69. The Morgan fingerprint density at radius 2 is 1.83 bits per heavy atom. The standard InChI is InChI=1S/C17H27N3O4/c1-2-24-17(23)19-10-8-18(9-11-19)15-14(21)12-20(16(15)22)13-6-4-3-5-7-13/h13,21H,2-12H2,1H3. The van der Waals surface area contributed by atoms with Crippen LogP contribution >= 0.6 is 0 Å². The molecule has 24 heavy (non-hydrogen) atoms. The molecule has 7 nitrogen and oxygen atoms in total. The van der Waals surface area contributed by atoms with Crippen LogP contribution in [0.25, 0.3) is 0 Å². The first kappa shape index (κ1) is 16.9. The molecule has 0 aromatic rings. The lowest BCUT2D eigenvalue weighted by Gasteiger charge is -2.36. The summed E-state index contributed by atoms with van der Waals surface area (Å²) >= 11 is 0. The van der Waals surface area contributed by atoms with Crippen LogP contribution in [0.3, 0.4) is 0 Å². The van der Waals surface area contributed by atoms with Crippen LogP contribution in [0.2, 0.25) is 0 Å². The van der Waals surface area contributed by atoms with E-state index in [-0.39, 0.29) is 23.8 Å². The molecule has 0 radical (unpaired) electrons. The summed E-state index contributed by atoms with van der Waals surface area (Å²) < 4.78 is 5.01. The second-order valence-electron chi connectivity index (χ2n) is 6.69. The molecular weight excluding hydrogens is 310 g/mol. The Kier molecular flexibility index (Phi) is 5.16. The predicted octanol–water partition coefficient (Wildman–Crippen LogP) is 1.70. The summed E-state index contributed by atoms with van der Waals surface area (Å²) in [5.74, 6) is 0.124. The Bertz CT molecular complexity index is 520. The lowest BCUT2D eigenvalue weighted by Crippen LogP contribution is -2.50. The van der Waals surface area contributed by atoms with Gasteiger partial charge in [0, 0.05) is 32.2 Å². The maximum atomic E-state index is 12.8. The normalized spacial score (nSPS) is 23.2. The fourth-order valence-corrected chi connectivity index (χ4v) is 3.90. The number of ether oxygens (including phenoxy) is 1. The van der Waals surface area contributed by atoms with Crippen LogP contribution < -0.4 is 0 Å². The molecule has 1 saturated heterocycles. The molecule has 2 fully saturated rings. The van der Waals surface area contributed by atoms with Gasteiger partial charge in [-0.25, -0.2) is 4.79 Å².